The van der Waals surface area contributed by atoms with E-state index in [4.69, 9.17) is 0 Å². The van der Waals surface area contributed by atoms with Gasteiger partial charge in [-0.05, 0) is 48.4 Å². The molecule has 8 nitrogen and oxygen atoms in total. The molecule has 0 aliphatic rings. The fraction of sp³-hybridized carbons (Fsp3) is 0.200. The molecule has 0 radical (unpaired) electrons. The fourth-order valence-corrected chi connectivity index (χ4v) is 2.93. The van der Waals surface area contributed by atoms with Gasteiger partial charge in [-0.15, -0.1) is 0 Å². The van der Waals surface area contributed by atoms with Crippen molar-refractivity contribution < 1.29 is 19.2 Å². The van der Waals surface area contributed by atoms with E-state index in [1.54, 1.807) is 16.8 Å². The zero-order chi connectivity index (χ0) is 21.0. The number of non-ortho nitro benzene ring substituents is 1. The van der Waals surface area contributed by atoms with Gasteiger partial charge in [0, 0.05) is 18.7 Å². The average Bonchev–Trinajstić information content (AvgIpc) is 3.16. The number of nitro groups is 1. The van der Waals surface area contributed by atoms with Crippen molar-refractivity contribution in [2.75, 3.05) is 6.54 Å². The number of carbonyl (C=O) groups excluding carboxylic acids is 1. The molecule has 1 aromatic heterocycles. The lowest BCUT2D eigenvalue weighted by atomic mass is 10.1. The highest BCUT2D eigenvalue weighted by Gasteiger charge is 2.19. The Morgan fingerprint density at radius 2 is 1.90 bits per heavy atom. The third-order valence-electron chi connectivity index (χ3n) is 4.46. The monoisotopic (exact) mass is 398 g/mol. The number of aromatic nitrogens is 2. The van der Waals surface area contributed by atoms with Crippen LogP contribution in [-0.2, 0) is 6.42 Å². The largest absolute Gasteiger partial charge is 0.387 e. The van der Waals surface area contributed by atoms with E-state index < -0.39 is 16.9 Å². The Morgan fingerprint density at radius 3 is 2.48 bits per heavy atom. The van der Waals surface area contributed by atoms with Gasteiger partial charge in [0.15, 0.2) is 0 Å². The molecule has 0 bridgehead atoms. The maximum Gasteiger partial charge on any atom is 0.269 e. The van der Waals surface area contributed by atoms with Gasteiger partial charge in [0.25, 0.3) is 11.6 Å². The van der Waals surface area contributed by atoms with E-state index in [0.29, 0.717) is 28.9 Å². The molecule has 3 aromatic rings. The third kappa shape index (κ3) is 4.46. The summed E-state index contributed by atoms with van der Waals surface area (Å²) in [6.07, 6.45) is 0.929. The van der Waals surface area contributed by atoms with Crippen LogP contribution >= 0.6 is 0 Å². The fourth-order valence-electron chi connectivity index (χ4n) is 2.93. The van der Waals surface area contributed by atoms with E-state index in [0.717, 1.165) is 0 Å². The molecule has 0 aliphatic heterocycles. The van der Waals surface area contributed by atoms with Crippen LogP contribution in [0.15, 0.2) is 54.7 Å². The topological polar surface area (TPSA) is 110 Å². The second-order valence-electron chi connectivity index (χ2n) is 6.32. The van der Waals surface area contributed by atoms with Crippen molar-refractivity contribution in [1.82, 2.24) is 15.1 Å². The van der Waals surface area contributed by atoms with Crippen molar-refractivity contribution in [2.24, 2.45) is 0 Å². The first kappa shape index (κ1) is 20.2. The van der Waals surface area contributed by atoms with Crippen molar-refractivity contribution in [3.8, 4) is 5.69 Å². The number of hydrogen-bond acceptors (Lipinski definition) is 5. The zero-order valence-electron chi connectivity index (χ0n) is 15.6. The molecular formula is C20H19FN4O4. The molecule has 2 aromatic carbocycles. The number of aliphatic hydroxyl groups excluding tert-OH is 1. The highest BCUT2D eigenvalue weighted by molar-refractivity contribution is 5.95. The normalized spacial score (nSPS) is 11.8. The predicted molar refractivity (Wildman–Crippen MR) is 103 cm³/mol. The number of halogens is 1. The number of hydrogen-bond donors (Lipinski definition) is 2. The van der Waals surface area contributed by atoms with Crippen molar-refractivity contribution in [2.45, 2.75) is 19.4 Å². The van der Waals surface area contributed by atoms with Gasteiger partial charge in [0.05, 0.1) is 34.2 Å². The van der Waals surface area contributed by atoms with Gasteiger partial charge < -0.3 is 10.4 Å². The summed E-state index contributed by atoms with van der Waals surface area (Å²) in [6, 6.07) is 11.2. The molecule has 1 amide bonds. The number of aliphatic hydroxyl groups is 1. The molecule has 0 spiro atoms. The maximum absolute atomic E-state index is 13.1. The minimum atomic E-state index is -1.02. The molecule has 0 saturated heterocycles. The molecule has 3 rings (SSSR count). The van der Waals surface area contributed by atoms with E-state index in [-0.39, 0.29) is 18.0 Å². The Balaban J connectivity index is 1.70. The van der Waals surface area contributed by atoms with Gasteiger partial charge in [-0.25, -0.2) is 9.07 Å². The first-order chi connectivity index (χ1) is 13.9. The van der Waals surface area contributed by atoms with E-state index in [2.05, 4.69) is 10.4 Å². The third-order valence-corrected chi connectivity index (χ3v) is 4.46. The van der Waals surface area contributed by atoms with E-state index in [1.165, 1.54) is 42.6 Å². The van der Waals surface area contributed by atoms with E-state index >= 15 is 0 Å². The molecule has 1 unspecified atom stereocenters. The second-order valence-corrected chi connectivity index (χ2v) is 6.32. The molecule has 0 fully saturated rings. The van der Waals surface area contributed by atoms with Crippen LogP contribution in [0.2, 0.25) is 0 Å². The van der Waals surface area contributed by atoms with Crippen LogP contribution < -0.4 is 5.32 Å². The lowest BCUT2D eigenvalue weighted by molar-refractivity contribution is -0.384. The summed E-state index contributed by atoms with van der Waals surface area (Å²) in [5.41, 5.74) is 2.01. The van der Waals surface area contributed by atoms with Gasteiger partial charge in [0.2, 0.25) is 0 Å². The van der Waals surface area contributed by atoms with E-state index in [9.17, 15) is 24.4 Å². The smallest absolute Gasteiger partial charge is 0.269 e. The quantitative estimate of drug-likeness (QED) is 0.470. The lowest BCUT2D eigenvalue weighted by Gasteiger charge is -2.13. The molecule has 29 heavy (non-hydrogen) atoms. The Morgan fingerprint density at radius 1 is 1.24 bits per heavy atom. The Bertz CT molecular complexity index is 1020. The number of nitrogens with one attached hydrogen (secondary N) is 1. The second kappa shape index (κ2) is 8.61. The predicted octanol–water partition coefficient (Wildman–Crippen LogP) is 2.95. The zero-order valence-corrected chi connectivity index (χ0v) is 15.6. The SMILES string of the molecule is CCc1c(C(=O)NCC(O)c2ccc([N+](=O)[O-])cc2)cnn1-c1ccc(F)cc1. The number of carbonyl (C=O) groups is 1. The summed E-state index contributed by atoms with van der Waals surface area (Å²) in [6.45, 7) is 1.81. The minimum Gasteiger partial charge on any atom is -0.387 e. The summed E-state index contributed by atoms with van der Waals surface area (Å²) in [5.74, 6) is -0.770. The average molecular weight is 398 g/mol. The van der Waals surface area contributed by atoms with E-state index in [1.807, 2.05) is 6.92 Å². The van der Waals surface area contributed by atoms with Gasteiger partial charge in [-0.1, -0.05) is 6.92 Å². The van der Waals surface area contributed by atoms with Gasteiger partial charge in [-0.3, -0.25) is 14.9 Å². The molecule has 0 saturated carbocycles. The first-order valence-electron chi connectivity index (χ1n) is 8.94. The molecule has 1 heterocycles. The molecule has 9 heteroatoms. The van der Waals surface area contributed by atoms with Crippen LogP contribution in [0.4, 0.5) is 10.1 Å². The van der Waals surface area contributed by atoms with Crippen molar-refractivity contribution in [1.29, 1.82) is 0 Å². The summed E-state index contributed by atoms with van der Waals surface area (Å²) >= 11 is 0. The number of amides is 1. The first-order valence-corrected chi connectivity index (χ1v) is 8.94. The molecular weight excluding hydrogens is 379 g/mol. The maximum atomic E-state index is 13.1. The lowest BCUT2D eigenvalue weighted by Crippen LogP contribution is -2.29. The highest BCUT2D eigenvalue weighted by Crippen LogP contribution is 2.19. The Labute approximate surface area is 165 Å². The number of benzene rings is 2. The number of nitrogens with zero attached hydrogens (tertiary/aromatic N) is 3. The van der Waals surface area contributed by atoms with Crippen LogP contribution in [0.25, 0.3) is 5.69 Å². The molecule has 1 atom stereocenters. The van der Waals surface area contributed by atoms with Crippen molar-refractivity contribution in [3.63, 3.8) is 0 Å². The standard InChI is InChI=1S/C20H19FN4O4/c1-2-18-17(11-23-24(18)15-9-5-14(21)6-10-15)20(27)22-12-19(26)13-3-7-16(8-4-13)25(28)29/h3-11,19,26H,2,12H2,1H3,(H,22,27). The minimum absolute atomic E-state index is 0.0679. The summed E-state index contributed by atoms with van der Waals surface area (Å²) in [5, 5.41) is 27.8. The number of rotatable bonds is 7. The van der Waals surface area contributed by atoms with Gasteiger partial charge in [0.1, 0.15) is 5.82 Å². The van der Waals surface area contributed by atoms with Crippen LogP contribution in [-0.4, -0.2) is 32.3 Å². The van der Waals surface area contributed by atoms with Crippen LogP contribution in [0.1, 0.15) is 34.6 Å². The molecule has 2 N–H and O–H groups in total. The van der Waals surface area contributed by atoms with Crippen LogP contribution in [0, 0.1) is 15.9 Å². The van der Waals surface area contributed by atoms with Gasteiger partial charge >= 0.3 is 0 Å². The van der Waals surface area contributed by atoms with Gasteiger partial charge in [-0.2, -0.15) is 5.10 Å². The Kier molecular flexibility index (Phi) is 5.99. The molecule has 150 valence electrons. The van der Waals surface area contributed by atoms with Crippen molar-refractivity contribution >= 4 is 11.6 Å². The van der Waals surface area contributed by atoms with Crippen molar-refractivity contribution in [3.05, 3.63) is 87.5 Å². The molecule has 0 aliphatic carbocycles. The van der Waals surface area contributed by atoms with Crippen LogP contribution in [0.3, 0.4) is 0 Å². The Hall–Kier alpha value is -3.59. The number of nitro benzene ring substituents is 1. The summed E-state index contributed by atoms with van der Waals surface area (Å²) in [7, 11) is 0. The van der Waals surface area contributed by atoms with Crippen LogP contribution in [0.5, 0.6) is 0 Å². The summed E-state index contributed by atoms with van der Waals surface area (Å²) < 4.78 is 14.7. The summed E-state index contributed by atoms with van der Waals surface area (Å²) in [4.78, 5) is 22.7. The highest BCUT2D eigenvalue weighted by atomic mass is 19.1.